The second-order valence-corrected chi connectivity index (χ2v) is 4.85. The minimum Gasteiger partial charge on any atom is -0.389 e. The van der Waals surface area contributed by atoms with Crippen molar-refractivity contribution in [2.75, 3.05) is 18.0 Å². The number of benzene rings is 1. The molecule has 6 heteroatoms. The number of rotatable bonds is 3. The molecule has 1 unspecified atom stereocenters. The maximum atomic E-state index is 13.9. The van der Waals surface area contributed by atoms with Crippen LogP contribution in [0.25, 0.3) is 0 Å². The summed E-state index contributed by atoms with van der Waals surface area (Å²) in [5.74, 6) is -0.502. The lowest BCUT2D eigenvalue weighted by Gasteiger charge is -2.37. The van der Waals surface area contributed by atoms with Gasteiger partial charge >= 0.3 is 0 Å². The summed E-state index contributed by atoms with van der Waals surface area (Å²) in [6.45, 7) is 3.06. The molecule has 1 heterocycles. The summed E-state index contributed by atoms with van der Waals surface area (Å²) in [7, 11) is 0. The lowest BCUT2D eigenvalue weighted by atomic mass is 10.0. The molecular weight excluding hydrogens is 265 g/mol. The van der Waals surface area contributed by atoms with Gasteiger partial charge in [0.05, 0.1) is 11.3 Å². The molecule has 102 valence electrons. The normalized spacial score (nSPS) is 19.2. The van der Waals surface area contributed by atoms with E-state index >= 15 is 0 Å². The van der Waals surface area contributed by atoms with Crippen LogP contribution in [-0.2, 0) is 4.79 Å². The number of hydrogen-bond acceptors (Lipinski definition) is 3. The summed E-state index contributed by atoms with van der Waals surface area (Å²) in [5, 5.41) is 2.81. The highest BCUT2D eigenvalue weighted by molar-refractivity contribution is 7.80. The van der Waals surface area contributed by atoms with E-state index in [1.54, 1.807) is 12.1 Å². The first-order valence-electron chi connectivity index (χ1n) is 6.19. The minimum atomic E-state index is -0.453. The van der Waals surface area contributed by atoms with E-state index in [-0.39, 0.29) is 22.5 Å². The van der Waals surface area contributed by atoms with Crippen molar-refractivity contribution in [1.29, 1.82) is 0 Å². The van der Waals surface area contributed by atoms with E-state index in [9.17, 15) is 9.18 Å². The topological polar surface area (TPSA) is 58.4 Å². The van der Waals surface area contributed by atoms with Crippen LogP contribution in [0.5, 0.6) is 0 Å². The molecule has 19 heavy (non-hydrogen) atoms. The summed E-state index contributed by atoms with van der Waals surface area (Å²) in [4.78, 5) is 13.7. The van der Waals surface area contributed by atoms with Gasteiger partial charge in [0.2, 0.25) is 5.91 Å². The van der Waals surface area contributed by atoms with Crippen LogP contribution in [0.3, 0.4) is 0 Å². The van der Waals surface area contributed by atoms with Crippen molar-refractivity contribution in [3.63, 3.8) is 0 Å². The fourth-order valence-electron chi connectivity index (χ4n) is 2.40. The Morgan fingerprint density at radius 1 is 1.63 bits per heavy atom. The van der Waals surface area contributed by atoms with Crippen LogP contribution >= 0.6 is 12.2 Å². The third-order valence-electron chi connectivity index (χ3n) is 3.26. The molecule has 0 spiro atoms. The predicted octanol–water partition coefficient (Wildman–Crippen LogP) is 1.17. The highest BCUT2D eigenvalue weighted by atomic mass is 32.1. The fraction of sp³-hybridized carbons (Fsp3) is 0.385. The second-order valence-electron chi connectivity index (χ2n) is 4.41. The van der Waals surface area contributed by atoms with Gasteiger partial charge in [-0.05, 0) is 18.6 Å². The van der Waals surface area contributed by atoms with Gasteiger partial charge in [-0.25, -0.2) is 4.39 Å². The molecular formula is C13H16FN3OS. The van der Waals surface area contributed by atoms with Crippen molar-refractivity contribution >= 4 is 28.8 Å². The zero-order chi connectivity index (χ0) is 14.0. The zero-order valence-corrected chi connectivity index (χ0v) is 11.5. The van der Waals surface area contributed by atoms with Gasteiger partial charge in [0, 0.05) is 13.1 Å². The molecule has 1 aromatic rings. The largest absolute Gasteiger partial charge is 0.389 e. The van der Waals surface area contributed by atoms with Crippen molar-refractivity contribution < 1.29 is 9.18 Å². The Bertz CT molecular complexity index is 521. The van der Waals surface area contributed by atoms with Crippen molar-refractivity contribution in [2.24, 2.45) is 5.73 Å². The molecule has 2 rings (SSSR count). The van der Waals surface area contributed by atoms with Gasteiger partial charge in [-0.1, -0.05) is 25.2 Å². The third kappa shape index (κ3) is 2.53. The molecule has 1 fully saturated rings. The van der Waals surface area contributed by atoms with Gasteiger partial charge in [0.1, 0.15) is 16.8 Å². The fourth-order valence-corrected chi connectivity index (χ4v) is 2.61. The summed E-state index contributed by atoms with van der Waals surface area (Å²) in [6, 6.07) is 4.36. The van der Waals surface area contributed by atoms with Crippen LogP contribution < -0.4 is 16.0 Å². The first kappa shape index (κ1) is 13.7. The Morgan fingerprint density at radius 2 is 2.37 bits per heavy atom. The van der Waals surface area contributed by atoms with Crippen LogP contribution in [0.2, 0.25) is 0 Å². The summed E-state index contributed by atoms with van der Waals surface area (Å²) < 4.78 is 13.9. The number of nitrogens with one attached hydrogen (secondary N) is 1. The van der Waals surface area contributed by atoms with E-state index < -0.39 is 5.82 Å². The molecule has 3 N–H and O–H groups in total. The van der Waals surface area contributed by atoms with Crippen LogP contribution in [-0.4, -0.2) is 30.0 Å². The summed E-state index contributed by atoms with van der Waals surface area (Å²) in [6.07, 6.45) is 0.638. The first-order chi connectivity index (χ1) is 9.06. The molecule has 1 amide bonds. The minimum absolute atomic E-state index is 0.00827. The van der Waals surface area contributed by atoms with E-state index in [1.165, 1.54) is 6.07 Å². The first-order valence-corrected chi connectivity index (χ1v) is 6.59. The monoisotopic (exact) mass is 281 g/mol. The Hall–Kier alpha value is -1.69. The quantitative estimate of drug-likeness (QED) is 0.817. The van der Waals surface area contributed by atoms with E-state index in [2.05, 4.69) is 5.32 Å². The number of nitrogens with zero attached hydrogens (tertiary/aromatic N) is 1. The highest BCUT2D eigenvalue weighted by Crippen LogP contribution is 2.27. The molecule has 0 aliphatic carbocycles. The standard InChI is InChI=1S/C13H16FN3OS/c1-2-9-13(18)16-6-7-17(9)10-5-3-4-8(14)11(10)12(15)19/h3-5,9H,2,6-7H2,1H3,(H2,15,19)(H,16,18). The molecule has 1 atom stereocenters. The SMILES string of the molecule is CCC1C(=O)NCCN1c1cccc(F)c1C(N)=S. The molecule has 0 bridgehead atoms. The average molecular weight is 281 g/mol. The molecule has 1 aromatic carbocycles. The van der Waals surface area contributed by atoms with E-state index in [0.29, 0.717) is 25.2 Å². The van der Waals surface area contributed by atoms with E-state index in [0.717, 1.165) is 0 Å². The number of hydrogen-bond donors (Lipinski definition) is 2. The number of piperazine rings is 1. The Kier molecular flexibility index (Phi) is 3.99. The second kappa shape index (κ2) is 5.52. The van der Waals surface area contributed by atoms with Crippen LogP contribution in [0.4, 0.5) is 10.1 Å². The van der Waals surface area contributed by atoms with Crippen LogP contribution in [0.1, 0.15) is 18.9 Å². The Balaban J connectivity index is 2.48. The molecule has 0 saturated carbocycles. The number of carbonyl (C=O) groups excluding carboxylic acids is 1. The third-order valence-corrected chi connectivity index (χ3v) is 3.47. The predicted molar refractivity (Wildman–Crippen MR) is 76.7 cm³/mol. The van der Waals surface area contributed by atoms with Crippen molar-refractivity contribution in [1.82, 2.24) is 5.32 Å². The Morgan fingerprint density at radius 3 is 3.00 bits per heavy atom. The number of nitrogens with two attached hydrogens (primary N) is 1. The smallest absolute Gasteiger partial charge is 0.242 e. The van der Waals surface area contributed by atoms with Gasteiger partial charge in [-0.2, -0.15) is 0 Å². The molecule has 1 saturated heterocycles. The number of anilines is 1. The maximum absolute atomic E-state index is 13.9. The van der Waals surface area contributed by atoms with Gasteiger partial charge in [-0.15, -0.1) is 0 Å². The zero-order valence-electron chi connectivity index (χ0n) is 10.6. The van der Waals surface area contributed by atoms with Crippen LogP contribution in [0, 0.1) is 5.82 Å². The van der Waals surface area contributed by atoms with Crippen molar-refractivity contribution in [3.05, 3.63) is 29.6 Å². The number of carbonyl (C=O) groups is 1. The van der Waals surface area contributed by atoms with E-state index in [4.69, 9.17) is 18.0 Å². The van der Waals surface area contributed by atoms with Crippen LogP contribution in [0.15, 0.2) is 18.2 Å². The summed E-state index contributed by atoms with van der Waals surface area (Å²) in [5.41, 5.74) is 6.41. The van der Waals surface area contributed by atoms with Gasteiger partial charge in [0.15, 0.2) is 0 Å². The maximum Gasteiger partial charge on any atom is 0.242 e. The number of halogens is 1. The molecule has 1 aliphatic heterocycles. The lowest BCUT2D eigenvalue weighted by Crippen LogP contribution is -2.55. The Labute approximate surface area is 116 Å². The average Bonchev–Trinajstić information content (AvgIpc) is 2.37. The van der Waals surface area contributed by atoms with Gasteiger partial charge in [-0.3, -0.25) is 4.79 Å². The molecule has 0 aromatic heterocycles. The summed E-state index contributed by atoms with van der Waals surface area (Å²) >= 11 is 4.92. The number of amides is 1. The molecule has 1 aliphatic rings. The molecule has 0 radical (unpaired) electrons. The van der Waals surface area contributed by atoms with Gasteiger partial charge < -0.3 is 16.0 Å². The molecule has 4 nitrogen and oxygen atoms in total. The van der Waals surface area contributed by atoms with Crippen molar-refractivity contribution in [3.8, 4) is 0 Å². The van der Waals surface area contributed by atoms with Crippen molar-refractivity contribution in [2.45, 2.75) is 19.4 Å². The highest BCUT2D eigenvalue weighted by Gasteiger charge is 2.30. The van der Waals surface area contributed by atoms with Gasteiger partial charge in [0.25, 0.3) is 0 Å². The van der Waals surface area contributed by atoms with E-state index in [1.807, 2.05) is 11.8 Å². The number of thiocarbonyl (C=S) groups is 1. The lowest BCUT2D eigenvalue weighted by molar-refractivity contribution is -0.123.